The van der Waals surface area contributed by atoms with Gasteiger partial charge in [0.05, 0.1) is 31.6 Å². The van der Waals surface area contributed by atoms with Crippen LogP contribution in [0.3, 0.4) is 0 Å². The first-order chi connectivity index (χ1) is 10.2. The number of hydrogen-bond acceptors (Lipinski definition) is 5. The number of nitrogens with zero attached hydrogens (tertiary/aromatic N) is 4. The van der Waals surface area contributed by atoms with Gasteiger partial charge < -0.3 is 14.0 Å². The van der Waals surface area contributed by atoms with E-state index in [4.69, 9.17) is 21.1 Å². The minimum atomic E-state index is 0.447. The van der Waals surface area contributed by atoms with Crippen LogP contribution in [0.1, 0.15) is 0 Å². The molecule has 0 aliphatic carbocycles. The van der Waals surface area contributed by atoms with Crippen molar-refractivity contribution in [2.75, 3.05) is 14.2 Å². The van der Waals surface area contributed by atoms with Crippen molar-refractivity contribution < 1.29 is 9.47 Å². The fourth-order valence-electron chi connectivity index (χ4n) is 2.33. The summed E-state index contributed by atoms with van der Waals surface area (Å²) < 4.78 is 12.6. The molecule has 6 nitrogen and oxygen atoms in total. The second-order valence-corrected chi connectivity index (χ2v) is 4.81. The van der Waals surface area contributed by atoms with E-state index in [-0.39, 0.29) is 0 Å². The Morgan fingerprint density at radius 2 is 1.71 bits per heavy atom. The van der Waals surface area contributed by atoms with E-state index in [1.54, 1.807) is 20.4 Å². The summed E-state index contributed by atoms with van der Waals surface area (Å²) in [7, 11) is 5.05. The van der Waals surface area contributed by atoms with Crippen molar-refractivity contribution in [2.45, 2.75) is 0 Å². The van der Waals surface area contributed by atoms with E-state index in [0.717, 1.165) is 16.6 Å². The summed E-state index contributed by atoms with van der Waals surface area (Å²) in [5, 5.41) is 1.42. The van der Waals surface area contributed by atoms with E-state index in [0.29, 0.717) is 22.5 Å². The molecule has 21 heavy (non-hydrogen) atoms. The summed E-state index contributed by atoms with van der Waals surface area (Å²) in [5.41, 5.74) is 2.50. The average molecular weight is 305 g/mol. The van der Waals surface area contributed by atoms with Crippen LogP contribution in [0.4, 0.5) is 0 Å². The summed E-state index contributed by atoms with van der Waals surface area (Å²) in [6.45, 7) is 0. The minimum absolute atomic E-state index is 0.447. The third kappa shape index (κ3) is 2.17. The van der Waals surface area contributed by atoms with Gasteiger partial charge in [0.15, 0.2) is 0 Å². The van der Waals surface area contributed by atoms with Crippen LogP contribution in [0.15, 0.2) is 24.7 Å². The van der Waals surface area contributed by atoms with Gasteiger partial charge in [-0.3, -0.25) is 0 Å². The van der Waals surface area contributed by atoms with Crippen molar-refractivity contribution >= 4 is 22.5 Å². The molecule has 0 fully saturated rings. The summed E-state index contributed by atoms with van der Waals surface area (Å²) in [6.07, 6.45) is 3.13. The molecule has 0 atom stereocenters. The molecule has 0 unspecified atom stereocenters. The molecule has 3 rings (SSSR count). The molecule has 0 aromatic carbocycles. The second-order valence-electron chi connectivity index (χ2n) is 4.42. The molecule has 0 saturated carbocycles. The fourth-order valence-corrected chi connectivity index (χ4v) is 2.50. The molecule has 7 heteroatoms. The predicted octanol–water partition coefficient (Wildman–Crippen LogP) is 2.70. The molecule has 0 radical (unpaired) electrons. The Labute approximate surface area is 126 Å². The summed E-state index contributed by atoms with van der Waals surface area (Å²) in [6, 6.07) is 3.79. The van der Waals surface area contributed by atoms with Gasteiger partial charge in [-0.05, 0) is 12.1 Å². The van der Waals surface area contributed by atoms with E-state index in [1.807, 2.05) is 23.7 Å². The molecule has 3 aromatic heterocycles. The van der Waals surface area contributed by atoms with Crippen LogP contribution in [-0.4, -0.2) is 33.7 Å². The van der Waals surface area contributed by atoms with Crippen molar-refractivity contribution in [1.29, 1.82) is 0 Å². The van der Waals surface area contributed by atoms with Gasteiger partial charge in [-0.1, -0.05) is 11.6 Å². The van der Waals surface area contributed by atoms with Crippen LogP contribution in [0.2, 0.25) is 5.15 Å². The van der Waals surface area contributed by atoms with Gasteiger partial charge in [0.25, 0.3) is 0 Å². The first-order valence-electron chi connectivity index (χ1n) is 6.20. The van der Waals surface area contributed by atoms with Crippen molar-refractivity contribution in [2.24, 2.45) is 7.05 Å². The third-order valence-electron chi connectivity index (χ3n) is 3.32. The zero-order valence-electron chi connectivity index (χ0n) is 11.8. The summed E-state index contributed by atoms with van der Waals surface area (Å²) in [5.74, 6) is 0.902. The van der Waals surface area contributed by atoms with Gasteiger partial charge in [0.1, 0.15) is 17.0 Å². The highest BCUT2D eigenvalue weighted by atomic mass is 35.5. The fraction of sp³-hybridized carbons (Fsp3) is 0.214. The molecule has 0 bridgehead atoms. The number of hydrogen-bond donors (Lipinski definition) is 0. The molecular weight excluding hydrogens is 292 g/mol. The Balaban J connectivity index is 2.32. The zero-order chi connectivity index (χ0) is 15.0. The lowest BCUT2D eigenvalue weighted by molar-refractivity contribution is 0.374. The minimum Gasteiger partial charge on any atom is -0.480 e. The summed E-state index contributed by atoms with van der Waals surface area (Å²) >= 11 is 5.95. The van der Waals surface area contributed by atoms with Gasteiger partial charge in [0, 0.05) is 12.4 Å². The number of aromatic nitrogens is 4. The Hall–Kier alpha value is -2.34. The van der Waals surface area contributed by atoms with Crippen LogP contribution in [0.25, 0.3) is 22.2 Å². The van der Waals surface area contributed by atoms with Gasteiger partial charge in [-0.2, -0.15) is 0 Å². The predicted molar refractivity (Wildman–Crippen MR) is 79.9 cm³/mol. The monoisotopic (exact) mass is 304 g/mol. The van der Waals surface area contributed by atoms with Crippen molar-refractivity contribution in [3.05, 3.63) is 29.8 Å². The van der Waals surface area contributed by atoms with Crippen LogP contribution in [0, 0.1) is 0 Å². The zero-order valence-corrected chi connectivity index (χ0v) is 12.5. The second kappa shape index (κ2) is 5.21. The Morgan fingerprint density at radius 1 is 1.05 bits per heavy atom. The average Bonchev–Trinajstić information content (AvgIpc) is 2.82. The van der Waals surface area contributed by atoms with E-state index in [2.05, 4.69) is 15.0 Å². The molecule has 0 aliphatic heterocycles. The van der Waals surface area contributed by atoms with Gasteiger partial charge >= 0.3 is 0 Å². The van der Waals surface area contributed by atoms with Crippen LogP contribution in [0.5, 0.6) is 11.8 Å². The van der Waals surface area contributed by atoms with Crippen molar-refractivity contribution in [1.82, 2.24) is 19.5 Å². The lowest BCUT2D eigenvalue weighted by Crippen LogP contribution is -2.01. The Bertz CT molecular complexity index is 794. The SMILES string of the molecule is COc1ncnc(OC)c1-c1cc2cc(Cl)ncc2n1C. The molecular formula is C14H13ClN4O2. The first-order valence-corrected chi connectivity index (χ1v) is 6.57. The quantitative estimate of drug-likeness (QED) is 0.696. The highest BCUT2D eigenvalue weighted by Crippen LogP contribution is 2.37. The van der Waals surface area contributed by atoms with Crippen molar-refractivity contribution in [3.8, 4) is 23.0 Å². The lowest BCUT2D eigenvalue weighted by atomic mass is 10.2. The van der Waals surface area contributed by atoms with Gasteiger partial charge in [-0.25, -0.2) is 15.0 Å². The Morgan fingerprint density at radius 3 is 2.33 bits per heavy atom. The Kier molecular flexibility index (Phi) is 3.39. The molecule has 3 aromatic rings. The molecule has 3 heterocycles. The number of fused-ring (bicyclic) bond motifs is 1. The maximum Gasteiger partial charge on any atom is 0.229 e. The van der Waals surface area contributed by atoms with Gasteiger partial charge in [-0.15, -0.1) is 0 Å². The van der Waals surface area contributed by atoms with E-state index in [9.17, 15) is 0 Å². The van der Waals surface area contributed by atoms with E-state index < -0.39 is 0 Å². The maximum absolute atomic E-state index is 5.95. The largest absolute Gasteiger partial charge is 0.480 e. The molecule has 0 N–H and O–H groups in total. The van der Waals surface area contributed by atoms with Gasteiger partial charge in [0.2, 0.25) is 11.8 Å². The molecule has 0 aliphatic rings. The molecule has 0 amide bonds. The van der Waals surface area contributed by atoms with Crippen LogP contribution in [-0.2, 0) is 7.05 Å². The number of rotatable bonds is 3. The van der Waals surface area contributed by atoms with Crippen LogP contribution >= 0.6 is 11.6 Å². The number of aryl methyl sites for hydroxylation is 1. The maximum atomic E-state index is 5.95. The molecule has 0 saturated heterocycles. The number of methoxy groups -OCH3 is 2. The highest BCUT2D eigenvalue weighted by molar-refractivity contribution is 6.30. The van der Waals surface area contributed by atoms with Crippen molar-refractivity contribution in [3.63, 3.8) is 0 Å². The standard InChI is InChI=1S/C14H13ClN4O2/c1-19-9(4-8-5-11(15)16-6-10(8)19)12-13(20-2)17-7-18-14(12)21-3/h4-7H,1-3H3. The number of pyridine rings is 1. The van der Waals surface area contributed by atoms with E-state index in [1.165, 1.54) is 6.33 Å². The topological polar surface area (TPSA) is 62.1 Å². The smallest absolute Gasteiger partial charge is 0.229 e. The third-order valence-corrected chi connectivity index (χ3v) is 3.52. The molecule has 0 spiro atoms. The molecule has 108 valence electrons. The lowest BCUT2D eigenvalue weighted by Gasteiger charge is -2.11. The van der Waals surface area contributed by atoms with E-state index >= 15 is 0 Å². The summed E-state index contributed by atoms with van der Waals surface area (Å²) in [4.78, 5) is 12.4. The van der Waals surface area contributed by atoms with Crippen LogP contribution < -0.4 is 9.47 Å². The highest BCUT2D eigenvalue weighted by Gasteiger charge is 2.19. The number of halogens is 1. The number of ether oxygens (including phenoxy) is 2. The first kappa shape index (κ1) is 13.6. The normalized spacial score (nSPS) is 10.9.